The third kappa shape index (κ3) is 4.86. The molecule has 5 nitrogen and oxygen atoms in total. The zero-order chi connectivity index (χ0) is 21.9. The van der Waals surface area contributed by atoms with Gasteiger partial charge in [0.15, 0.2) is 11.5 Å². The van der Waals surface area contributed by atoms with Crippen LogP contribution in [0.1, 0.15) is 54.9 Å². The molecule has 0 bridgehead atoms. The molecular weight excluding hydrogens is 491 g/mol. The molecule has 1 heterocycles. The fourth-order valence-corrected chi connectivity index (χ4v) is 4.09. The molecule has 2 aromatic carbocycles. The minimum Gasteiger partial charge on any atom is -0.488 e. The van der Waals surface area contributed by atoms with E-state index in [1.54, 1.807) is 0 Å². The van der Waals surface area contributed by atoms with Gasteiger partial charge in [-0.05, 0) is 70.7 Å². The molecule has 0 radical (unpaired) electrons. The number of nitrogens with zero attached hydrogens (tertiary/aromatic N) is 1. The largest absolute Gasteiger partial charge is 0.488 e. The quantitative estimate of drug-likeness (QED) is 0.414. The zero-order valence-corrected chi connectivity index (χ0v) is 20.2. The lowest BCUT2D eigenvalue weighted by molar-refractivity contribution is 0.0946. The first-order chi connectivity index (χ1) is 14.2. The molecule has 1 aromatic heterocycles. The van der Waals surface area contributed by atoms with Crippen molar-refractivity contribution in [1.29, 1.82) is 0 Å². The summed E-state index contributed by atoms with van der Waals surface area (Å²) in [7, 11) is 0. The highest BCUT2D eigenvalue weighted by Gasteiger charge is 2.26. The van der Waals surface area contributed by atoms with Gasteiger partial charge in [0.05, 0.1) is 9.13 Å². The van der Waals surface area contributed by atoms with Crippen molar-refractivity contribution in [3.05, 3.63) is 68.4 Å². The minimum atomic E-state index is -0.244. The van der Waals surface area contributed by atoms with Crippen LogP contribution in [0.3, 0.4) is 0 Å². The number of ether oxygens (including phenoxy) is 1. The van der Waals surface area contributed by atoms with Gasteiger partial charge >= 0.3 is 0 Å². The highest BCUT2D eigenvalue weighted by atomic mass is 127. The summed E-state index contributed by atoms with van der Waals surface area (Å²) >= 11 is 2.12. The molecule has 6 heteroatoms. The van der Waals surface area contributed by atoms with Gasteiger partial charge in [-0.3, -0.25) is 4.79 Å². The molecular formula is C24H27IN2O3. The lowest BCUT2D eigenvalue weighted by Gasteiger charge is -2.24. The van der Waals surface area contributed by atoms with Crippen molar-refractivity contribution in [2.45, 2.75) is 46.6 Å². The molecule has 0 aliphatic heterocycles. The predicted octanol–water partition coefficient (Wildman–Crippen LogP) is 5.88. The molecule has 0 unspecified atom stereocenters. The molecule has 0 atom stereocenters. The molecule has 3 rings (SSSR count). The van der Waals surface area contributed by atoms with Crippen molar-refractivity contribution in [3.8, 4) is 17.1 Å². The topological polar surface area (TPSA) is 64.4 Å². The second-order valence-electron chi connectivity index (χ2n) is 8.22. The maximum Gasteiger partial charge on any atom is 0.274 e. The first kappa shape index (κ1) is 22.3. The van der Waals surface area contributed by atoms with Gasteiger partial charge in [0.25, 0.3) is 5.91 Å². The van der Waals surface area contributed by atoms with Gasteiger partial charge in [-0.2, -0.15) is 0 Å². The molecule has 0 spiro atoms. The average molecular weight is 518 g/mol. The minimum absolute atomic E-state index is 0.0509. The van der Waals surface area contributed by atoms with Crippen LogP contribution in [-0.2, 0) is 12.0 Å². The van der Waals surface area contributed by atoms with E-state index in [1.807, 2.05) is 43.3 Å². The summed E-state index contributed by atoms with van der Waals surface area (Å²) in [5.74, 6) is 1.01. The van der Waals surface area contributed by atoms with Crippen molar-refractivity contribution in [3.63, 3.8) is 0 Å². The van der Waals surface area contributed by atoms with E-state index in [9.17, 15) is 4.79 Å². The number of benzene rings is 2. The number of carbonyl (C=O) groups is 1. The number of amides is 1. The van der Waals surface area contributed by atoms with Gasteiger partial charge in [-0.25, -0.2) is 0 Å². The summed E-state index contributed by atoms with van der Waals surface area (Å²) < 4.78 is 12.5. The van der Waals surface area contributed by atoms with Crippen molar-refractivity contribution in [1.82, 2.24) is 10.5 Å². The summed E-state index contributed by atoms with van der Waals surface area (Å²) in [6, 6.07) is 14.2. The van der Waals surface area contributed by atoms with Crippen LogP contribution in [0.5, 0.6) is 5.75 Å². The molecule has 1 amide bonds. The van der Waals surface area contributed by atoms with E-state index in [0.29, 0.717) is 33.9 Å². The Morgan fingerprint density at radius 3 is 2.53 bits per heavy atom. The van der Waals surface area contributed by atoms with Crippen molar-refractivity contribution >= 4 is 28.5 Å². The predicted molar refractivity (Wildman–Crippen MR) is 127 cm³/mol. The van der Waals surface area contributed by atoms with Crippen LogP contribution in [0.2, 0.25) is 0 Å². The Balaban J connectivity index is 2.07. The van der Waals surface area contributed by atoms with Gasteiger partial charge < -0.3 is 14.6 Å². The molecule has 30 heavy (non-hydrogen) atoms. The normalized spacial score (nSPS) is 11.4. The van der Waals surface area contributed by atoms with Gasteiger partial charge in [0.2, 0.25) is 0 Å². The molecule has 0 saturated heterocycles. The molecule has 0 aliphatic carbocycles. The Morgan fingerprint density at radius 2 is 1.90 bits per heavy atom. The van der Waals surface area contributed by atoms with Crippen LogP contribution < -0.4 is 10.1 Å². The van der Waals surface area contributed by atoms with E-state index < -0.39 is 0 Å². The summed E-state index contributed by atoms with van der Waals surface area (Å²) in [6.07, 6.45) is 0. The Hall–Kier alpha value is -2.35. The van der Waals surface area contributed by atoms with E-state index in [1.165, 1.54) is 5.56 Å². The Bertz CT molecular complexity index is 1040. The van der Waals surface area contributed by atoms with Gasteiger partial charge in [-0.15, -0.1) is 0 Å². The Morgan fingerprint density at radius 1 is 1.20 bits per heavy atom. The van der Waals surface area contributed by atoms with Crippen LogP contribution in [-0.4, -0.2) is 17.6 Å². The first-order valence-corrected chi connectivity index (χ1v) is 11.1. The summed E-state index contributed by atoms with van der Waals surface area (Å²) in [4.78, 5) is 12.3. The van der Waals surface area contributed by atoms with Crippen LogP contribution in [0.15, 0.2) is 47.0 Å². The first-order valence-electron chi connectivity index (χ1n) is 9.98. The maximum atomic E-state index is 12.3. The second-order valence-corrected chi connectivity index (χ2v) is 9.30. The molecule has 0 aliphatic rings. The lowest BCUT2D eigenvalue weighted by Crippen LogP contribution is -2.23. The highest BCUT2D eigenvalue weighted by molar-refractivity contribution is 14.1. The van der Waals surface area contributed by atoms with Gasteiger partial charge in [0.1, 0.15) is 12.4 Å². The Kier molecular flexibility index (Phi) is 6.85. The summed E-state index contributed by atoms with van der Waals surface area (Å²) in [5.41, 5.74) is 4.46. The number of carbonyl (C=O) groups excluding carboxylic acids is 1. The molecule has 0 saturated carbocycles. The second kappa shape index (κ2) is 9.20. The van der Waals surface area contributed by atoms with Crippen molar-refractivity contribution in [2.24, 2.45) is 0 Å². The molecule has 158 valence electrons. The fraction of sp³-hybridized carbons (Fsp3) is 0.333. The zero-order valence-electron chi connectivity index (χ0n) is 18.0. The van der Waals surface area contributed by atoms with Crippen LogP contribution in [0.4, 0.5) is 0 Å². The van der Waals surface area contributed by atoms with E-state index in [0.717, 1.165) is 16.7 Å². The lowest BCUT2D eigenvalue weighted by atomic mass is 9.82. The maximum absolute atomic E-state index is 12.3. The van der Waals surface area contributed by atoms with Gasteiger partial charge in [0, 0.05) is 6.54 Å². The SMILES string of the molecule is CCNC(=O)c1noc(-c2cc(C(C)(C)C)c(C)cc2OCc2ccccc2)c1I. The van der Waals surface area contributed by atoms with E-state index in [4.69, 9.17) is 9.26 Å². The number of nitrogens with one attached hydrogen (secondary N) is 1. The van der Waals surface area contributed by atoms with Crippen LogP contribution >= 0.6 is 22.6 Å². The molecule has 3 aromatic rings. The van der Waals surface area contributed by atoms with E-state index >= 15 is 0 Å². The monoisotopic (exact) mass is 518 g/mol. The number of aromatic nitrogens is 1. The summed E-state index contributed by atoms with van der Waals surface area (Å²) in [5, 5.41) is 6.81. The third-order valence-corrected chi connectivity index (χ3v) is 5.81. The number of halogens is 1. The fourth-order valence-electron chi connectivity index (χ4n) is 3.35. The van der Waals surface area contributed by atoms with E-state index in [-0.39, 0.29) is 11.3 Å². The highest BCUT2D eigenvalue weighted by Crippen LogP contribution is 2.40. The average Bonchev–Trinajstić information content (AvgIpc) is 3.07. The molecule has 1 N–H and O–H groups in total. The van der Waals surface area contributed by atoms with Crippen LogP contribution in [0, 0.1) is 10.5 Å². The van der Waals surface area contributed by atoms with Crippen molar-refractivity contribution in [2.75, 3.05) is 6.54 Å². The Labute approximate surface area is 191 Å². The van der Waals surface area contributed by atoms with Gasteiger partial charge in [-0.1, -0.05) is 56.3 Å². The van der Waals surface area contributed by atoms with Crippen molar-refractivity contribution < 1.29 is 14.1 Å². The summed E-state index contributed by atoms with van der Waals surface area (Å²) in [6.45, 7) is 11.5. The third-order valence-electron chi connectivity index (χ3n) is 4.80. The molecule has 0 fully saturated rings. The van der Waals surface area contributed by atoms with E-state index in [2.05, 4.69) is 66.8 Å². The van der Waals surface area contributed by atoms with Crippen LogP contribution in [0.25, 0.3) is 11.3 Å². The smallest absolute Gasteiger partial charge is 0.274 e. The number of aryl methyl sites for hydroxylation is 1. The number of rotatable bonds is 6. The number of hydrogen-bond acceptors (Lipinski definition) is 4. The standard InChI is InChI=1S/C24H27IN2O3/c1-6-26-23(28)21-20(25)22(30-27-21)17-13-18(24(3,4)5)15(2)12-19(17)29-14-16-10-8-7-9-11-16/h7-13H,6,14H2,1-5H3,(H,26,28). The number of hydrogen-bond donors (Lipinski definition) is 1.